The number of hydrogen-bond donors (Lipinski definition) is 1. The van der Waals surface area contributed by atoms with Crippen LogP contribution < -0.4 is 10.2 Å². The average Bonchev–Trinajstić information content (AvgIpc) is 3.38. The summed E-state index contributed by atoms with van der Waals surface area (Å²) in [5.41, 5.74) is 3.95. The molecule has 0 radical (unpaired) electrons. The van der Waals surface area contributed by atoms with E-state index in [4.69, 9.17) is 9.97 Å². The molecule has 24 heavy (non-hydrogen) atoms. The zero-order valence-electron chi connectivity index (χ0n) is 14.2. The summed E-state index contributed by atoms with van der Waals surface area (Å²) < 4.78 is 1.16. The number of hydrogen-bond acceptors (Lipinski definition) is 4. The molecule has 0 saturated heterocycles. The number of rotatable bonds is 4. The molecule has 1 aliphatic carbocycles. The van der Waals surface area contributed by atoms with Crippen molar-refractivity contribution in [3.63, 3.8) is 0 Å². The van der Waals surface area contributed by atoms with E-state index >= 15 is 0 Å². The summed E-state index contributed by atoms with van der Waals surface area (Å²) >= 11 is 3.57. The van der Waals surface area contributed by atoms with Gasteiger partial charge in [0.25, 0.3) is 0 Å². The van der Waals surface area contributed by atoms with Crippen molar-refractivity contribution < 1.29 is 0 Å². The Labute approximate surface area is 151 Å². The van der Waals surface area contributed by atoms with E-state index in [9.17, 15) is 0 Å². The normalized spacial score (nSPS) is 17.1. The molecular weight excluding hydrogens is 364 g/mol. The van der Waals surface area contributed by atoms with Crippen LogP contribution in [-0.4, -0.2) is 22.6 Å². The van der Waals surface area contributed by atoms with Gasteiger partial charge < -0.3 is 10.2 Å². The van der Waals surface area contributed by atoms with Gasteiger partial charge in [0.15, 0.2) is 0 Å². The van der Waals surface area contributed by atoms with Gasteiger partial charge in [0.2, 0.25) is 5.95 Å². The zero-order valence-corrected chi connectivity index (χ0v) is 15.8. The van der Waals surface area contributed by atoms with Gasteiger partial charge in [0.05, 0.1) is 5.69 Å². The largest absolute Gasteiger partial charge is 0.352 e. The van der Waals surface area contributed by atoms with Crippen LogP contribution in [0.4, 0.5) is 11.8 Å². The van der Waals surface area contributed by atoms with E-state index in [0.29, 0.717) is 12.0 Å². The van der Waals surface area contributed by atoms with Gasteiger partial charge in [-0.05, 0) is 48.4 Å². The highest BCUT2D eigenvalue weighted by Crippen LogP contribution is 2.29. The quantitative estimate of drug-likeness (QED) is 0.839. The lowest BCUT2D eigenvalue weighted by molar-refractivity contribution is 0.713. The van der Waals surface area contributed by atoms with Gasteiger partial charge in [-0.3, -0.25) is 0 Å². The fraction of sp³-hybridized carbons (Fsp3) is 0.474. The topological polar surface area (TPSA) is 41.1 Å². The van der Waals surface area contributed by atoms with Crippen molar-refractivity contribution in [2.24, 2.45) is 0 Å². The van der Waals surface area contributed by atoms with Gasteiger partial charge in [-0.15, -0.1) is 0 Å². The van der Waals surface area contributed by atoms with Gasteiger partial charge >= 0.3 is 0 Å². The highest BCUT2D eigenvalue weighted by molar-refractivity contribution is 9.10. The van der Waals surface area contributed by atoms with Crippen LogP contribution in [0.25, 0.3) is 0 Å². The molecule has 126 valence electrons. The van der Waals surface area contributed by atoms with Crippen LogP contribution >= 0.6 is 15.9 Å². The zero-order chi connectivity index (χ0) is 16.7. The van der Waals surface area contributed by atoms with Crippen LogP contribution in [0.1, 0.15) is 49.4 Å². The molecule has 0 bridgehead atoms. The van der Waals surface area contributed by atoms with Crippen molar-refractivity contribution in [2.75, 3.05) is 16.8 Å². The Morgan fingerprint density at radius 1 is 1.17 bits per heavy atom. The summed E-state index contributed by atoms with van der Waals surface area (Å²) in [5.74, 6) is 2.24. The van der Waals surface area contributed by atoms with Crippen molar-refractivity contribution in [3.8, 4) is 0 Å². The maximum Gasteiger partial charge on any atom is 0.225 e. The lowest BCUT2D eigenvalue weighted by Crippen LogP contribution is -2.31. The molecule has 1 aliphatic heterocycles. The van der Waals surface area contributed by atoms with Crippen LogP contribution in [0.2, 0.25) is 0 Å². The minimum atomic E-state index is 0.402. The fourth-order valence-corrected chi connectivity index (χ4v) is 3.51. The van der Waals surface area contributed by atoms with Crippen LogP contribution in [0, 0.1) is 0 Å². The number of benzene rings is 1. The predicted octanol–water partition coefficient (Wildman–Crippen LogP) is 4.50. The number of nitrogens with one attached hydrogen (secondary N) is 1. The number of halogens is 1. The standard InChI is InChI=1S/C19H23BrN4/c1-12(2)17-10-18(23-19(22-17)21-16-5-6-16)24-8-7-13-9-15(20)4-3-14(13)11-24/h3-4,9-10,12,16H,5-8,11H2,1-2H3,(H,21,22,23). The second kappa shape index (κ2) is 6.36. The molecule has 4 rings (SSSR count). The molecular formula is C19H23BrN4. The van der Waals surface area contributed by atoms with E-state index in [1.165, 1.54) is 24.0 Å². The second-order valence-corrected chi connectivity index (χ2v) is 8.05. The van der Waals surface area contributed by atoms with Crippen LogP contribution in [0.15, 0.2) is 28.7 Å². The smallest absolute Gasteiger partial charge is 0.225 e. The highest BCUT2D eigenvalue weighted by atomic mass is 79.9. The lowest BCUT2D eigenvalue weighted by Gasteiger charge is -2.30. The summed E-state index contributed by atoms with van der Waals surface area (Å²) in [4.78, 5) is 11.9. The molecule has 0 spiro atoms. The van der Waals surface area contributed by atoms with E-state index in [1.807, 2.05) is 0 Å². The molecule has 2 aromatic rings. The number of fused-ring (bicyclic) bond motifs is 1. The first kappa shape index (κ1) is 15.9. The Morgan fingerprint density at radius 3 is 2.75 bits per heavy atom. The summed E-state index contributed by atoms with van der Waals surface area (Å²) in [6.45, 7) is 6.30. The first-order valence-electron chi connectivity index (χ1n) is 8.76. The Bertz CT molecular complexity index is 755. The van der Waals surface area contributed by atoms with Crippen molar-refractivity contribution in [1.82, 2.24) is 9.97 Å². The lowest BCUT2D eigenvalue weighted by atomic mass is 10.00. The first-order valence-corrected chi connectivity index (χ1v) is 9.55. The third-order valence-electron chi connectivity index (χ3n) is 4.74. The molecule has 1 fully saturated rings. The summed E-state index contributed by atoms with van der Waals surface area (Å²) in [7, 11) is 0. The van der Waals surface area contributed by atoms with Gasteiger partial charge in [-0.1, -0.05) is 35.8 Å². The van der Waals surface area contributed by atoms with E-state index in [2.05, 4.69) is 64.3 Å². The predicted molar refractivity (Wildman–Crippen MR) is 102 cm³/mol. The SMILES string of the molecule is CC(C)c1cc(N2CCc3cc(Br)ccc3C2)nc(NC2CC2)n1. The van der Waals surface area contributed by atoms with Gasteiger partial charge in [-0.2, -0.15) is 4.98 Å². The molecule has 1 saturated carbocycles. The molecule has 2 heterocycles. The fourth-order valence-electron chi connectivity index (χ4n) is 3.10. The molecule has 5 heteroatoms. The van der Waals surface area contributed by atoms with Crippen molar-refractivity contribution in [2.45, 2.75) is 51.6 Å². The molecule has 4 nitrogen and oxygen atoms in total. The van der Waals surface area contributed by atoms with E-state index in [1.54, 1.807) is 0 Å². The number of nitrogens with zero attached hydrogens (tertiary/aromatic N) is 3. The Balaban J connectivity index is 1.63. The third-order valence-corrected chi connectivity index (χ3v) is 5.23. The third kappa shape index (κ3) is 3.41. The highest BCUT2D eigenvalue weighted by Gasteiger charge is 2.24. The van der Waals surface area contributed by atoms with Crippen LogP contribution in [0.3, 0.4) is 0 Å². The molecule has 1 N–H and O–H groups in total. The minimum absolute atomic E-state index is 0.402. The molecule has 0 amide bonds. The van der Waals surface area contributed by atoms with E-state index in [0.717, 1.165) is 41.4 Å². The number of aromatic nitrogens is 2. The van der Waals surface area contributed by atoms with Crippen molar-refractivity contribution in [1.29, 1.82) is 0 Å². The molecule has 0 atom stereocenters. The van der Waals surface area contributed by atoms with Crippen LogP contribution in [-0.2, 0) is 13.0 Å². The van der Waals surface area contributed by atoms with E-state index in [-0.39, 0.29) is 0 Å². The van der Waals surface area contributed by atoms with Crippen LogP contribution in [0.5, 0.6) is 0 Å². The van der Waals surface area contributed by atoms with E-state index < -0.39 is 0 Å². The monoisotopic (exact) mass is 386 g/mol. The Morgan fingerprint density at radius 2 is 2.00 bits per heavy atom. The molecule has 2 aliphatic rings. The Kier molecular flexibility index (Phi) is 4.21. The number of anilines is 2. The average molecular weight is 387 g/mol. The second-order valence-electron chi connectivity index (χ2n) is 7.13. The molecule has 0 unspecified atom stereocenters. The van der Waals surface area contributed by atoms with Crippen molar-refractivity contribution >= 4 is 27.7 Å². The maximum atomic E-state index is 4.80. The van der Waals surface area contributed by atoms with Crippen molar-refractivity contribution in [3.05, 3.63) is 45.6 Å². The molecule has 1 aromatic carbocycles. The Hall–Kier alpha value is -1.62. The molecule has 1 aromatic heterocycles. The van der Waals surface area contributed by atoms with Gasteiger partial charge in [-0.25, -0.2) is 4.98 Å². The summed E-state index contributed by atoms with van der Waals surface area (Å²) in [6.07, 6.45) is 3.52. The van der Waals surface area contributed by atoms with Gasteiger partial charge in [0.1, 0.15) is 5.82 Å². The van der Waals surface area contributed by atoms with Gasteiger partial charge in [0, 0.05) is 29.7 Å². The summed E-state index contributed by atoms with van der Waals surface area (Å²) in [6, 6.07) is 9.32. The minimum Gasteiger partial charge on any atom is -0.352 e. The first-order chi connectivity index (χ1) is 11.6. The maximum absolute atomic E-state index is 4.80. The summed E-state index contributed by atoms with van der Waals surface area (Å²) in [5, 5.41) is 3.46.